The van der Waals surface area contributed by atoms with E-state index in [2.05, 4.69) is 55.4 Å². The third-order valence-electron chi connectivity index (χ3n) is 18.9. The Morgan fingerprint density at radius 1 is 0.283 bits per heavy atom. The minimum absolute atomic E-state index is 0.106. The first kappa shape index (κ1) is 97.1. The standard InChI is InChI=1S/C80H156O17P2/c1-9-73(8)59-51-43-34-28-21-17-14-15-19-23-31-37-47-55-63-80(85)97-76(67-91-78(83)61-53-45-39-38-42-50-58-72(6)7)69-95-99(88,89)93-65-74(81)64-92-98(86,87)94-68-75(66-90-77(82)60-52-44-35-29-25-24-27-33-41-49-57-71(4)5)96-79(84)62-54-46-36-30-22-18-13-11-10-12-16-20-26-32-40-48-56-70(2)3/h70-76,81H,9-69H2,1-8H3,(H,86,87)(H,88,89)/t73?,74-,75-,76-/m1/s1. The summed E-state index contributed by atoms with van der Waals surface area (Å²) in [6.45, 7) is 14.2. The number of aliphatic hydroxyl groups is 1. The number of rotatable bonds is 77. The number of ether oxygens (including phenoxy) is 4. The number of phosphoric acid groups is 2. The van der Waals surface area contributed by atoms with Crippen LogP contribution < -0.4 is 0 Å². The molecule has 3 unspecified atom stereocenters. The molecule has 0 fully saturated rings. The van der Waals surface area contributed by atoms with E-state index in [0.717, 1.165) is 114 Å². The van der Waals surface area contributed by atoms with Gasteiger partial charge >= 0.3 is 39.5 Å². The molecule has 3 N–H and O–H groups in total. The Kier molecular flexibility index (Phi) is 67.8. The van der Waals surface area contributed by atoms with E-state index in [4.69, 9.17) is 37.0 Å². The summed E-state index contributed by atoms with van der Waals surface area (Å²) in [6, 6.07) is 0. The van der Waals surface area contributed by atoms with Gasteiger partial charge in [0.15, 0.2) is 12.2 Å². The van der Waals surface area contributed by atoms with Gasteiger partial charge in [0.25, 0.3) is 0 Å². The molecule has 0 saturated heterocycles. The Bertz CT molecular complexity index is 1940. The molecule has 99 heavy (non-hydrogen) atoms. The molecule has 0 aliphatic carbocycles. The first-order valence-corrected chi connectivity index (χ1v) is 44.2. The number of phosphoric ester groups is 2. The molecule has 0 bridgehead atoms. The van der Waals surface area contributed by atoms with Crippen LogP contribution in [0.3, 0.4) is 0 Å². The van der Waals surface area contributed by atoms with Gasteiger partial charge < -0.3 is 33.8 Å². The maximum Gasteiger partial charge on any atom is 0.472 e. The molecule has 0 rings (SSSR count). The second-order valence-corrected chi connectivity index (χ2v) is 33.4. The lowest BCUT2D eigenvalue weighted by Gasteiger charge is -2.21. The van der Waals surface area contributed by atoms with Crippen molar-refractivity contribution in [1.29, 1.82) is 0 Å². The molecule has 0 amide bonds. The highest BCUT2D eigenvalue weighted by Gasteiger charge is 2.30. The van der Waals surface area contributed by atoms with Crippen molar-refractivity contribution >= 4 is 39.5 Å². The number of aliphatic hydroxyl groups excluding tert-OH is 1. The topological polar surface area (TPSA) is 237 Å². The zero-order valence-corrected chi connectivity index (χ0v) is 66.9. The molecule has 0 heterocycles. The average Bonchev–Trinajstić information content (AvgIpc) is 1.000. The Hall–Kier alpha value is -1.94. The van der Waals surface area contributed by atoms with E-state index < -0.39 is 97.5 Å². The lowest BCUT2D eigenvalue weighted by Crippen LogP contribution is -2.30. The van der Waals surface area contributed by atoms with Crippen LogP contribution in [-0.2, 0) is 65.4 Å². The molecule has 0 aromatic rings. The van der Waals surface area contributed by atoms with Crippen molar-refractivity contribution in [2.24, 2.45) is 23.7 Å². The predicted octanol–water partition coefficient (Wildman–Crippen LogP) is 23.6. The maximum absolute atomic E-state index is 13.1. The van der Waals surface area contributed by atoms with E-state index in [1.165, 1.54) is 205 Å². The van der Waals surface area contributed by atoms with Gasteiger partial charge in [0, 0.05) is 25.7 Å². The van der Waals surface area contributed by atoms with Gasteiger partial charge in [0.05, 0.1) is 26.4 Å². The van der Waals surface area contributed by atoms with Crippen LogP contribution >= 0.6 is 15.6 Å². The van der Waals surface area contributed by atoms with Crippen molar-refractivity contribution in [2.75, 3.05) is 39.6 Å². The fourth-order valence-electron chi connectivity index (χ4n) is 12.2. The zero-order valence-electron chi connectivity index (χ0n) is 65.1. The third-order valence-corrected chi connectivity index (χ3v) is 20.8. The van der Waals surface area contributed by atoms with Crippen molar-refractivity contribution in [3.05, 3.63) is 0 Å². The molecule has 0 spiro atoms. The van der Waals surface area contributed by atoms with Gasteiger partial charge in [-0.05, 0) is 49.4 Å². The smallest absolute Gasteiger partial charge is 0.462 e. The van der Waals surface area contributed by atoms with Gasteiger partial charge in [-0.25, -0.2) is 9.13 Å². The van der Waals surface area contributed by atoms with Gasteiger partial charge in [-0.3, -0.25) is 37.3 Å². The van der Waals surface area contributed by atoms with Gasteiger partial charge in [-0.2, -0.15) is 0 Å². The fourth-order valence-corrected chi connectivity index (χ4v) is 13.8. The van der Waals surface area contributed by atoms with Gasteiger partial charge in [-0.1, -0.05) is 357 Å². The average molecular weight is 1450 g/mol. The van der Waals surface area contributed by atoms with Crippen molar-refractivity contribution in [3.8, 4) is 0 Å². The summed E-state index contributed by atoms with van der Waals surface area (Å²) in [4.78, 5) is 72.9. The van der Waals surface area contributed by atoms with Gasteiger partial charge in [-0.15, -0.1) is 0 Å². The number of hydrogen-bond donors (Lipinski definition) is 3. The van der Waals surface area contributed by atoms with Crippen molar-refractivity contribution in [3.63, 3.8) is 0 Å². The van der Waals surface area contributed by atoms with Crippen LogP contribution in [0.15, 0.2) is 0 Å². The monoisotopic (exact) mass is 1450 g/mol. The second-order valence-electron chi connectivity index (χ2n) is 30.5. The minimum atomic E-state index is -4.96. The maximum atomic E-state index is 13.1. The number of unbranched alkanes of at least 4 members (excludes halogenated alkanes) is 42. The number of carbonyl (C=O) groups excluding carboxylic acids is 4. The van der Waals surface area contributed by atoms with E-state index in [0.29, 0.717) is 31.6 Å². The van der Waals surface area contributed by atoms with Crippen molar-refractivity contribution in [1.82, 2.24) is 0 Å². The Balaban J connectivity index is 5.21. The molecule has 0 aromatic carbocycles. The fraction of sp³-hybridized carbons (Fsp3) is 0.950. The molecule has 0 aliphatic heterocycles. The van der Waals surface area contributed by atoms with E-state index in [-0.39, 0.29) is 25.7 Å². The van der Waals surface area contributed by atoms with Gasteiger partial charge in [0.2, 0.25) is 0 Å². The van der Waals surface area contributed by atoms with Crippen LogP contribution in [0.25, 0.3) is 0 Å². The van der Waals surface area contributed by atoms with Crippen LogP contribution in [0.4, 0.5) is 0 Å². The van der Waals surface area contributed by atoms with Crippen LogP contribution in [0.5, 0.6) is 0 Å². The molecule has 0 saturated carbocycles. The highest BCUT2D eigenvalue weighted by atomic mass is 31.2. The molecule has 0 aromatic heterocycles. The predicted molar refractivity (Wildman–Crippen MR) is 404 cm³/mol. The summed E-state index contributed by atoms with van der Waals surface area (Å²) in [5, 5.41) is 10.6. The van der Waals surface area contributed by atoms with Crippen molar-refractivity contribution in [2.45, 2.75) is 427 Å². The summed E-state index contributed by atoms with van der Waals surface area (Å²) >= 11 is 0. The first-order chi connectivity index (χ1) is 47.6. The summed E-state index contributed by atoms with van der Waals surface area (Å²) in [5.41, 5.74) is 0. The van der Waals surface area contributed by atoms with Crippen LogP contribution in [-0.4, -0.2) is 96.7 Å². The highest BCUT2D eigenvalue weighted by Crippen LogP contribution is 2.45. The SMILES string of the molecule is CCC(C)CCCCCCCCCCCCCCCCC(=O)O[C@H](COC(=O)CCCCCCCCC(C)C)COP(=O)(O)OC[C@H](O)COP(=O)(O)OC[C@@H](COC(=O)CCCCCCCCCCCCC(C)C)OC(=O)CCCCCCCCCCCCCCCCCCC(C)C. The Labute approximate surface area is 607 Å². The lowest BCUT2D eigenvalue weighted by molar-refractivity contribution is -0.161. The van der Waals surface area contributed by atoms with E-state index in [9.17, 15) is 43.2 Å². The normalized spacial score (nSPS) is 14.3. The number of esters is 4. The zero-order chi connectivity index (χ0) is 73.1. The summed E-state index contributed by atoms with van der Waals surface area (Å²) in [5.74, 6) is 0.976. The number of carbonyl (C=O) groups is 4. The third kappa shape index (κ3) is 72.8. The van der Waals surface area contributed by atoms with E-state index in [1.807, 2.05) is 0 Å². The molecule has 0 radical (unpaired) electrons. The minimum Gasteiger partial charge on any atom is -0.462 e. The van der Waals surface area contributed by atoms with Crippen molar-refractivity contribution < 1.29 is 80.2 Å². The van der Waals surface area contributed by atoms with Crippen LogP contribution in [0, 0.1) is 23.7 Å². The molecule has 17 nitrogen and oxygen atoms in total. The van der Waals surface area contributed by atoms with Gasteiger partial charge in [0.1, 0.15) is 19.3 Å². The quantitative estimate of drug-likeness (QED) is 0.0222. The summed E-state index contributed by atoms with van der Waals surface area (Å²) in [7, 11) is -9.92. The molecule has 19 heteroatoms. The Morgan fingerprint density at radius 2 is 0.485 bits per heavy atom. The highest BCUT2D eigenvalue weighted by molar-refractivity contribution is 7.47. The first-order valence-electron chi connectivity index (χ1n) is 41.2. The van der Waals surface area contributed by atoms with Crippen LogP contribution in [0.2, 0.25) is 0 Å². The molecule has 6 atom stereocenters. The lowest BCUT2D eigenvalue weighted by atomic mass is 9.99. The Morgan fingerprint density at radius 3 is 0.717 bits per heavy atom. The largest absolute Gasteiger partial charge is 0.472 e. The van der Waals surface area contributed by atoms with E-state index >= 15 is 0 Å². The summed E-state index contributed by atoms with van der Waals surface area (Å²) in [6.07, 6.45) is 55.6. The van der Waals surface area contributed by atoms with E-state index in [1.54, 1.807) is 0 Å². The molecule has 0 aliphatic rings. The number of hydrogen-bond acceptors (Lipinski definition) is 15. The molecular formula is C80H156O17P2. The van der Waals surface area contributed by atoms with Crippen LogP contribution in [0.1, 0.15) is 409 Å². The second kappa shape index (κ2) is 69.1. The molecular weight excluding hydrogens is 1290 g/mol. The summed E-state index contributed by atoms with van der Waals surface area (Å²) < 4.78 is 68.6. The molecule has 588 valence electrons.